The summed E-state index contributed by atoms with van der Waals surface area (Å²) in [5.41, 5.74) is -0.802. The van der Waals surface area contributed by atoms with E-state index in [2.05, 4.69) is 20.5 Å². The molecule has 8 nitrogen and oxygen atoms in total. The van der Waals surface area contributed by atoms with Crippen molar-refractivity contribution in [2.75, 3.05) is 7.11 Å². The third-order valence-corrected chi connectivity index (χ3v) is 5.53. The number of hydrogen-bond donors (Lipinski definition) is 1. The van der Waals surface area contributed by atoms with Crippen molar-refractivity contribution in [3.8, 4) is 17.0 Å². The molecule has 0 fully saturated rings. The number of carbonyl (C=O) groups excluding carboxylic acids is 1. The first-order valence-electron chi connectivity index (χ1n) is 10.3. The van der Waals surface area contributed by atoms with Crippen LogP contribution in [0.3, 0.4) is 0 Å². The summed E-state index contributed by atoms with van der Waals surface area (Å²) in [6.45, 7) is 4.27. The Hall–Kier alpha value is -3.60. The number of halogens is 4. The fourth-order valence-corrected chi connectivity index (χ4v) is 3.64. The predicted octanol–water partition coefficient (Wildman–Crippen LogP) is 4.78. The lowest BCUT2D eigenvalue weighted by Gasteiger charge is -2.11. The Morgan fingerprint density at radius 3 is 2.65 bits per heavy atom. The van der Waals surface area contributed by atoms with Gasteiger partial charge in [-0.1, -0.05) is 23.7 Å². The van der Waals surface area contributed by atoms with E-state index in [0.717, 1.165) is 6.07 Å². The minimum absolute atomic E-state index is 0.00552. The second-order valence-electron chi connectivity index (χ2n) is 7.45. The summed E-state index contributed by atoms with van der Waals surface area (Å²) in [4.78, 5) is 17.1. The Labute approximate surface area is 197 Å². The molecule has 0 saturated heterocycles. The number of alkyl halides is 3. The van der Waals surface area contributed by atoms with Crippen LogP contribution in [0.4, 0.5) is 13.2 Å². The maximum Gasteiger partial charge on any atom is 0.433 e. The fourth-order valence-electron chi connectivity index (χ4n) is 3.39. The third kappa shape index (κ3) is 4.43. The van der Waals surface area contributed by atoms with Crippen LogP contribution in [0.25, 0.3) is 16.9 Å². The van der Waals surface area contributed by atoms with Crippen LogP contribution < -0.4 is 10.1 Å². The maximum absolute atomic E-state index is 13.9. The van der Waals surface area contributed by atoms with Crippen LogP contribution in [0.2, 0.25) is 5.02 Å². The van der Waals surface area contributed by atoms with Crippen LogP contribution >= 0.6 is 11.6 Å². The largest absolute Gasteiger partial charge is 0.497 e. The SMILES string of the molecule is CCn1ccc(C(C)NC(=O)c2nn3c(C(F)(F)F)cc(-c4cccc(OC)c4)nc3c2Cl)n1. The van der Waals surface area contributed by atoms with Gasteiger partial charge in [-0.15, -0.1) is 0 Å². The van der Waals surface area contributed by atoms with E-state index >= 15 is 0 Å². The zero-order valence-corrected chi connectivity index (χ0v) is 19.1. The summed E-state index contributed by atoms with van der Waals surface area (Å²) < 4.78 is 49.1. The van der Waals surface area contributed by atoms with E-state index < -0.39 is 23.8 Å². The first kappa shape index (κ1) is 23.6. The van der Waals surface area contributed by atoms with Gasteiger partial charge in [0.05, 0.1) is 24.5 Å². The van der Waals surface area contributed by atoms with Crippen molar-refractivity contribution in [3.63, 3.8) is 0 Å². The van der Waals surface area contributed by atoms with Crippen molar-refractivity contribution < 1.29 is 22.7 Å². The molecule has 4 aromatic rings. The van der Waals surface area contributed by atoms with Crippen LogP contribution in [-0.4, -0.2) is 37.4 Å². The highest BCUT2D eigenvalue weighted by atomic mass is 35.5. The molecule has 1 N–H and O–H groups in total. The summed E-state index contributed by atoms with van der Waals surface area (Å²) in [6.07, 6.45) is -3.02. The van der Waals surface area contributed by atoms with E-state index in [9.17, 15) is 18.0 Å². The first-order chi connectivity index (χ1) is 16.1. The van der Waals surface area contributed by atoms with Gasteiger partial charge in [0.25, 0.3) is 5.91 Å². The summed E-state index contributed by atoms with van der Waals surface area (Å²) in [5.74, 6) is -0.294. The molecule has 1 atom stereocenters. The molecule has 1 amide bonds. The zero-order chi connectivity index (χ0) is 24.6. The normalized spacial score (nSPS) is 12.7. The number of methoxy groups -OCH3 is 1. The lowest BCUT2D eigenvalue weighted by atomic mass is 10.1. The topological polar surface area (TPSA) is 86.3 Å². The van der Waals surface area contributed by atoms with Gasteiger partial charge < -0.3 is 10.1 Å². The van der Waals surface area contributed by atoms with E-state index in [1.54, 1.807) is 48.1 Å². The van der Waals surface area contributed by atoms with E-state index in [-0.39, 0.29) is 22.1 Å². The molecule has 0 radical (unpaired) electrons. The van der Waals surface area contributed by atoms with Crippen molar-refractivity contribution in [1.82, 2.24) is 29.7 Å². The van der Waals surface area contributed by atoms with Crippen molar-refractivity contribution in [2.45, 2.75) is 32.6 Å². The number of benzene rings is 1. The Kier molecular flexibility index (Phi) is 6.22. The van der Waals surface area contributed by atoms with Gasteiger partial charge in [-0.3, -0.25) is 9.48 Å². The lowest BCUT2D eigenvalue weighted by Crippen LogP contribution is -2.27. The van der Waals surface area contributed by atoms with E-state index in [1.165, 1.54) is 7.11 Å². The molecule has 0 aliphatic carbocycles. The smallest absolute Gasteiger partial charge is 0.433 e. The highest BCUT2D eigenvalue weighted by Gasteiger charge is 2.37. The minimum atomic E-state index is -4.78. The lowest BCUT2D eigenvalue weighted by molar-refractivity contribution is -0.142. The van der Waals surface area contributed by atoms with Gasteiger partial charge in [0.1, 0.15) is 10.8 Å². The van der Waals surface area contributed by atoms with Crippen molar-refractivity contribution in [1.29, 1.82) is 0 Å². The average Bonchev–Trinajstić information content (AvgIpc) is 3.43. The van der Waals surface area contributed by atoms with Crippen LogP contribution in [-0.2, 0) is 12.7 Å². The Morgan fingerprint density at radius 2 is 2.00 bits per heavy atom. The summed E-state index contributed by atoms with van der Waals surface area (Å²) in [7, 11) is 1.45. The maximum atomic E-state index is 13.9. The number of fused-ring (bicyclic) bond motifs is 1. The third-order valence-electron chi connectivity index (χ3n) is 5.18. The minimum Gasteiger partial charge on any atom is -0.497 e. The summed E-state index contributed by atoms with van der Waals surface area (Å²) in [6, 6.07) is 8.50. The molecule has 0 saturated carbocycles. The molecule has 178 valence electrons. The number of carbonyl (C=O) groups is 1. The van der Waals surface area contributed by atoms with E-state index in [1.807, 2.05) is 6.92 Å². The molecule has 3 heterocycles. The number of nitrogens with zero attached hydrogens (tertiary/aromatic N) is 5. The fraction of sp³-hybridized carbons (Fsp3) is 0.273. The number of amides is 1. The van der Waals surface area contributed by atoms with Gasteiger partial charge in [0.15, 0.2) is 17.0 Å². The predicted molar refractivity (Wildman–Crippen MR) is 119 cm³/mol. The highest BCUT2D eigenvalue weighted by molar-refractivity contribution is 6.36. The number of nitrogens with one attached hydrogen (secondary N) is 1. The van der Waals surface area contributed by atoms with Gasteiger partial charge in [0, 0.05) is 18.3 Å². The quantitative estimate of drug-likeness (QED) is 0.418. The number of ether oxygens (including phenoxy) is 1. The van der Waals surface area contributed by atoms with Gasteiger partial charge in [0.2, 0.25) is 0 Å². The second kappa shape index (κ2) is 8.98. The van der Waals surface area contributed by atoms with Crippen LogP contribution in [0, 0.1) is 0 Å². The summed E-state index contributed by atoms with van der Waals surface area (Å²) >= 11 is 6.33. The van der Waals surface area contributed by atoms with Crippen molar-refractivity contribution in [2.24, 2.45) is 0 Å². The molecular weight excluding hydrogens is 473 g/mol. The van der Waals surface area contributed by atoms with Crippen LogP contribution in [0.5, 0.6) is 5.75 Å². The molecule has 4 rings (SSSR count). The number of rotatable bonds is 6. The molecule has 0 spiro atoms. The molecule has 1 aromatic carbocycles. The molecule has 1 unspecified atom stereocenters. The number of hydrogen-bond acceptors (Lipinski definition) is 5. The molecule has 12 heteroatoms. The van der Waals surface area contributed by atoms with Gasteiger partial charge in [-0.2, -0.15) is 23.4 Å². The van der Waals surface area contributed by atoms with Gasteiger partial charge in [-0.05, 0) is 38.1 Å². The molecule has 3 aromatic heterocycles. The zero-order valence-electron chi connectivity index (χ0n) is 18.4. The van der Waals surface area contributed by atoms with Gasteiger partial charge in [-0.25, -0.2) is 9.50 Å². The summed E-state index contributed by atoms with van der Waals surface area (Å²) in [5, 5.41) is 10.6. The molecule has 0 bridgehead atoms. The van der Waals surface area contributed by atoms with Crippen LogP contribution in [0.15, 0.2) is 42.6 Å². The Morgan fingerprint density at radius 1 is 1.24 bits per heavy atom. The number of aryl methyl sites for hydroxylation is 1. The Balaban J connectivity index is 1.77. The second-order valence-corrected chi connectivity index (χ2v) is 7.82. The monoisotopic (exact) mass is 492 g/mol. The molecular formula is C22H20ClF3N6O2. The van der Waals surface area contributed by atoms with E-state index in [0.29, 0.717) is 28.1 Å². The van der Waals surface area contributed by atoms with Gasteiger partial charge >= 0.3 is 6.18 Å². The molecule has 0 aliphatic rings. The molecule has 34 heavy (non-hydrogen) atoms. The van der Waals surface area contributed by atoms with Crippen molar-refractivity contribution in [3.05, 3.63) is 64.7 Å². The Bertz CT molecular complexity index is 1360. The van der Waals surface area contributed by atoms with Crippen LogP contribution in [0.1, 0.15) is 41.8 Å². The average molecular weight is 493 g/mol. The highest BCUT2D eigenvalue weighted by Crippen LogP contribution is 2.35. The first-order valence-corrected chi connectivity index (χ1v) is 10.6. The number of aromatic nitrogens is 5. The standard InChI is InChI=1S/C22H20ClF3N6O2/c1-4-31-9-8-15(29-31)12(2)27-21(33)19-18(23)20-28-16(13-6-5-7-14(10-13)34-3)11-17(22(24,25)26)32(20)30-19/h5-12H,4H2,1-3H3,(H,27,33). The van der Waals surface area contributed by atoms with E-state index in [4.69, 9.17) is 16.3 Å². The molecule has 0 aliphatic heterocycles. The van der Waals surface area contributed by atoms with Crippen molar-refractivity contribution >= 4 is 23.2 Å².